The number of thiophene rings is 1. The number of nitrogens with zero attached hydrogens (tertiary/aromatic N) is 1. The lowest BCUT2D eigenvalue weighted by Crippen LogP contribution is -2.21. The number of aryl methyl sites for hydroxylation is 1. The molecular weight excluding hydrogens is 274 g/mol. The Morgan fingerprint density at radius 2 is 2.25 bits per heavy atom. The molecule has 5 heteroatoms. The van der Waals surface area contributed by atoms with Gasteiger partial charge in [-0.1, -0.05) is 13.0 Å². The number of hydrogen-bond acceptors (Lipinski definition) is 5. The third-order valence-corrected chi connectivity index (χ3v) is 4.02. The van der Waals surface area contributed by atoms with E-state index in [0.717, 1.165) is 18.8 Å². The predicted molar refractivity (Wildman–Crippen MR) is 78.9 cm³/mol. The van der Waals surface area contributed by atoms with E-state index in [-0.39, 0.29) is 5.97 Å². The normalized spacial score (nSPS) is 11.0. The van der Waals surface area contributed by atoms with Crippen molar-refractivity contribution >= 4 is 17.3 Å². The lowest BCUT2D eigenvalue weighted by atomic mass is 10.2. The Kier molecular flexibility index (Phi) is 4.98. The number of ether oxygens (including phenoxy) is 1. The molecule has 0 radical (unpaired) electrons. The summed E-state index contributed by atoms with van der Waals surface area (Å²) in [4.78, 5) is 15.2. The van der Waals surface area contributed by atoms with Crippen LogP contribution in [-0.2, 0) is 17.8 Å². The van der Waals surface area contributed by atoms with Crippen molar-refractivity contribution < 1.29 is 13.9 Å². The zero-order chi connectivity index (χ0) is 14.5. The van der Waals surface area contributed by atoms with Gasteiger partial charge >= 0.3 is 5.97 Å². The fourth-order valence-corrected chi connectivity index (χ4v) is 2.80. The van der Waals surface area contributed by atoms with E-state index in [1.165, 1.54) is 12.0 Å². The van der Waals surface area contributed by atoms with Gasteiger partial charge in [-0.05, 0) is 31.0 Å². The molecule has 0 aromatic carbocycles. The van der Waals surface area contributed by atoms with Crippen molar-refractivity contribution in [3.05, 3.63) is 45.5 Å². The zero-order valence-electron chi connectivity index (χ0n) is 12.0. The highest BCUT2D eigenvalue weighted by Crippen LogP contribution is 2.19. The average molecular weight is 293 g/mol. The molecule has 2 heterocycles. The Bertz CT molecular complexity index is 560. The highest BCUT2D eigenvalue weighted by Gasteiger charge is 2.17. The standard InChI is InChI=1S/C15H19NO3S/c1-4-16(10-13-6-5-7-20-13)9-12-8-14(11(2)19-12)15(17)18-3/h5-8H,4,9-10H2,1-3H3. The largest absolute Gasteiger partial charge is 0.465 e. The summed E-state index contributed by atoms with van der Waals surface area (Å²) in [5.74, 6) is 1.05. The maximum atomic E-state index is 11.6. The lowest BCUT2D eigenvalue weighted by Gasteiger charge is -2.17. The van der Waals surface area contributed by atoms with Crippen LogP contribution >= 0.6 is 11.3 Å². The molecule has 108 valence electrons. The molecule has 0 aliphatic carbocycles. The molecule has 0 unspecified atom stereocenters. The Balaban J connectivity index is 2.06. The first-order chi connectivity index (χ1) is 9.63. The van der Waals surface area contributed by atoms with Crippen LogP contribution < -0.4 is 0 Å². The summed E-state index contributed by atoms with van der Waals surface area (Å²) in [6.07, 6.45) is 0. The maximum absolute atomic E-state index is 11.6. The molecule has 4 nitrogen and oxygen atoms in total. The van der Waals surface area contributed by atoms with Gasteiger partial charge in [0.15, 0.2) is 0 Å². The van der Waals surface area contributed by atoms with Crippen molar-refractivity contribution in [2.24, 2.45) is 0 Å². The van der Waals surface area contributed by atoms with Crippen LogP contribution in [-0.4, -0.2) is 24.5 Å². The molecule has 0 aliphatic heterocycles. The summed E-state index contributed by atoms with van der Waals surface area (Å²) in [6.45, 7) is 6.40. The van der Waals surface area contributed by atoms with Gasteiger partial charge in [0.2, 0.25) is 0 Å². The van der Waals surface area contributed by atoms with Gasteiger partial charge in [-0.2, -0.15) is 0 Å². The zero-order valence-corrected chi connectivity index (χ0v) is 12.8. The molecule has 0 bridgehead atoms. The van der Waals surface area contributed by atoms with Crippen LogP contribution in [0.1, 0.15) is 33.7 Å². The van der Waals surface area contributed by atoms with E-state index in [2.05, 4.69) is 29.3 Å². The predicted octanol–water partition coefficient (Wildman–Crippen LogP) is 3.46. The molecule has 0 spiro atoms. The van der Waals surface area contributed by atoms with Crippen LogP contribution in [0.4, 0.5) is 0 Å². The van der Waals surface area contributed by atoms with Crippen LogP contribution in [0.5, 0.6) is 0 Å². The second kappa shape index (κ2) is 6.72. The fourth-order valence-electron chi connectivity index (χ4n) is 2.06. The van der Waals surface area contributed by atoms with Crippen molar-refractivity contribution in [1.82, 2.24) is 4.90 Å². The first kappa shape index (κ1) is 14.8. The Morgan fingerprint density at radius 3 is 2.85 bits per heavy atom. The summed E-state index contributed by atoms with van der Waals surface area (Å²) < 4.78 is 10.4. The summed E-state index contributed by atoms with van der Waals surface area (Å²) in [6, 6.07) is 5.96. The van der Waals surface area contributed by atoms with E-state index >= 15 is 0 Å². The molecule has 0 aliphatic rings. The summed E-state index contributed by atoms with van der Waals surface area (Å²) in [5, 5.41) is 2.08. The maximum Gasteiger partial charge on any atom is 0.341 e. The van der Waals surface area contributed by atoms with Gasteiger partial charge in [0.25, 0.3) is 0 Å². The monoisotopic (exact) mass is 293 g/mol. The minimum atomic E-state index is -0.348. The van der Waals surface area contributed by atoms with Crippen LogP contribution in [0.25, 0.3) is 0 Å². The number of carbonyl (C=O) groups is 1. The molecule has 0 atom stereocenters. The van der Waals surface area contributed by atoms with E-state index in [1.807, 2.05) is 0 Å². The van der Waals surface area contributed by atoms with Crippen LogP contribution in [0, 0.1) is 6.92 Å². The van der Waals surface area contributed by atoms with E-state index in [9.17, 15) is 4.79 Å². The van der Waals surface area contributed by atoms with Crippen LogP contribution in [0.15, 0.2) is 28.0 Å². The number of hydrogen-bond donors (Lipinski definition) is 0. The van der Waals surface area contributed by atoms with Gasteiger partial charge in [-0.25, -0.2) is 4.79 Å². The second-order valence-corrected chi connectivity index (χ2v) is 5.59. The van der Waals surface area contributed by atoms with E-state index < -0.39 is 0 Å². The molecule has 0 saturated carbocycles. The first-order valence-electron chi connectivity index (χ1n) is 6.56. The summed E-state index contributed by atoms with van der Waals surface area (Å²) in [5.41, 5.74) is 0.509. The molecule has 0 saturated heterocycles. The Hall–Kier alpha value is -1.59. The van der Waals surface area contributed by atoms with Crippen molar-refractivity contribution in [3.8, 4) is 0 Å². The van der Waals surface area contributed by atoms with E-state index in [0.29, 0.717) is 17.9 Å². The summed E-state index contributed by atoms with van der Waals surface area (Å²) in [7, 11) is 1.38. The fraction of sp³-hybridized carbons (Fsp3) is 0.400. The smallest absolute Gasteiger partial charge is 0.341 e. The molecule has 2 rings (SSSR count). The molecule has 20 heavy (non-hydrogen) atoms. The average Bonchev–Trinajstić information content (AvgIpc) is 3.07. The minimum Gasteiger partial charge on any atom is -0.465 e. The quantitative estimate of drug-likeness (QED) is 0.765. The van der Waals surface area contributed by atoms with Crippen molar-refractivity contribution in [2.45, 2.75) is 26.9 Å². The third kappa shape index (κ3) is 3.49. The first-order valence-corrected chi connectivity index (χ1v) is 7.44. The molecular formula is C15H19NO3S. The van der Waals surface area contributed by atoms with E-state index in [1.54, 1.807) is 24.3 Å². The minimum absolute atomic E-state index is 0.348. The highest BCUT2D eigenvalue weighted by molar-refractivity contribution is 7.09. The number of carbonyl (C=O) groups excluding carboxylic acids is 1. The topological polar surface area (TPSA) is 42.7 Å². The molecule has 2 aromatic heterocycles. The van der Waals surface area contributed by atoms with E-state index in [4.69, 9.17) is 9.15 Å². The van der Waals surface area contributed by atoms with Crippen molar-refractivity contribution in [1.29, 1.82) is 0 Å². The number of furan rings is 1. The van der Waals surface area contributed by atoms with Gasteiger partial charge < -0.3 is 9.15 Å². The molecule has 2 aromatic rings. The lowest BCUT2D eigenvalue weighted by molar-refractivity contribution is 0.0599. The van der Waals surface area contributed by atoms with Gasteiger partial charge in [-0.3, -0.25) is 4.90 Å². The van der Waals surface area contributed by atoms with Gasteiger partial charge in [0.05, 0.1) is 13.7 Å². The second-order valence-electron chi connectivity index (χ2n) is 4.56. The molecule has 0 fully saturated rings. The summed E-state index contributed by atoms with van der Waals surface area (Å²) >= 11 is 1.75. The Labute approximate surface area is 123 Å². The number of methoxy groups -OCH3 is 1. The third-order valence-electron chi connectivity index (χ3n) is 3.16. The van der Waals surface area contributed by atoms with Gasteiger partial charge in [0, 0.05) is 11.4 Å². The highest BCUT2D eigenvalue weighted by atomic mass is 32.1. The van der Waals surface area contributed by atoms with Crippen LogP contribution in [0.3, 0.4) is 0 Å². The molecule has 0 amide bonds. The van der Waals surface area contributed by atoms with Gasteiger partial charge in [-0.15, -0.1) is 11.3 Å². The number of esters is 1. The van der Waals surface area contributed by atoms with Crippen molar-refractivity contribution in [2.75, 3.05) is 13.7 Å². The Morgan fingerprint density at radius 1 is 1.45 bits per heavy atom. The van der Waals surface area contributed by atoms with Crippen LogP contribution in [0.2, 0.25) is 0 Å². The SMILES string of the molecule is CCN(Cc1cc(C(=O)OC)c(C)o1)Cc1cccs1. The van der Waals surface area contributed by atoms with Crippen molar-refractivity contribution in [3.63, 3.8) is 0 Å². The van der Waals surface area contributed by atoms with Gasteiger partial charge in [0.1, 0.15) is 17.1 Å². The molecule has 0 N–H and O–H groups in total. The number of rotatable bonds is 6.